The summed E-state index contributed by atoms with van der Waals surface area (Å²) in [6.45, 7) is 1.29. The van der Waals surface area contributed by atoms with E-state index in [1.165, 1.54) is 6.20 Å². The quantitative estimate of drug-likeness (QED) is 0.610. The van der Waals surface area contributed by atoms with E-state index in [2.05, 4.69) is 20.6 Å². The number of anilines is 1. The summed E-state index contributed by atoms with van der Waals surface area (Å²) in [6.07, 6.45) is 3.49. The predicted molar refractivity (Wildman–Crippen MR) is 94.5 cm³/mol. The number of hydrogen-bond donors (Lipinski definition) is 4. The SMILES string of the molecule is O=C(NCc1c[nH]c(=O)[nH]c1=O)Nc1ccc(OC[C@@H]2CCCO2)cc1. The summed E-state index contributed by atoms with van der Waals surface area (Å²) in [5, 5.41) is 5.20. The Bertz CT molecular complexity index is 852. The lowest BCUT2D eigenvalue weighted by Crippen LogP contribution is -2.32. The van der Waals surface area contributed by atoms with Crippen LogP contribution in [0.3, 0.4) is 0 Å². The van der Waals surface area contributed by atoms with Gasteiger partial charge in [0, 0.05) is 18.5 Å². The minimum atomic E-state index is -0.593. The average Bonchev–Trinajstić information content (AvgIpc) is 3.14. The Labute approximate surface area is 148 Å². The third-order valence-electron chi connectivity index (χ3n) is 3.91. The summed E-state index contributed by atoms with van der Waals surface area (Å²) in [4.78, 5) is 38.8. The first kappa shape index (κ1) is 17.7. The van der Waals surface area contributed by atoms with E-state index in [9.17, 15) is 14.4 Å². The number of hydrogen-bond acceptors (Lipinski definition) is 5. The lowest BCUT2D eigenvalue weighted by atomic mass is 10.2. The van der Waals surface area contributed by atoms with Crippen molar-refractivity contribution >= 4 is 11.7 Å². The molecule has 0 bridgehead atoms. The number of amides is 2. The molecule has 9 nitrogen and oxygen atoms in total. The molecule has 0 unspecified atom stereocenters. The highest BCUT2D eigenvalue weighted by molar-refractivity contribution is 5.89. The van der Waals surface area contributed by atoms with Crippen LogP contribution in [-0.2, 0) is 11.3 Å². The van der Waals surface area contributed by atoms with Crippen LogP contribution in [0, 0.1) is 0 Å². The normalized spacial score (nSPS) is 16.2. The molecule has 2 heterocycles. The van der Waals surface area contributed by atoms with Gasteiger partial charge in [-0.05, 0) is 37.1 Å². The molecule has 4 N–H and O–H groups in total. The zero-order valence-corrected chi connectivity index (χ0v) is 14.0. The van der Waals surface area contributed by atoms with Crippen LogP contribution in [0.1, 0.15) is 18.4 Å². The molecule has 1 aromatic heterocycles. The zero-order chi connectivity index (χ0) is 18.4. The number of aromatic amines is 2. The van der Waals surface area contributed by atoms with Gasteiger partial charge < -0.3 is 25.1 Å². The number of carbonyl (C=O) groups is 1. The van der Waals surface area contributed by atoms with E-state index in [-0.39, 0.29) is 18.2 Å². The topological polar surface area (TPSA) is 125 Å². The van der Waals surface area contributed by atoms with E-state index in [1.807, 2.05) is 0 Å². The van der Waals surface area contributed by atoms with Crippen molar-refractivity contribution in [2.75, 3.05) is 18.5 Å². The van der Waals surface area contributed by atoms with Gasteiger partial charge >= 0.3 is 11.7 Å². The lowest BCUT2D eigenvalue weighted by Gasteiger charge is -2.12. The van der Waals surface area contributed by atoms with Gasteiger partial charge in [0.15, 0.2) is 0 Å². The molecule has 1 aromatic carbocycles. The van der Waals surface area contributed by atoms with Gasteiger partial charge in [0.2, 0.25) is 0 Å². The number of aromatic nitrogens is 2. The number of H-pyrrole nitrogens is 2. The monoisotopic (exact) mass is 360 g/mol. The van der Waals surface area contributed by atoms with Gasteiger partial charge in [0.05, 0.1) is 18.2 Å². The highest BCUT2D eigenvalue weighted by atomic mass is 16.5. The molecule has 2 amide bonds. The highest BCUT2D eigenvalue weighted by Gasteiger charge is 2.15. The van der Waals surface area contributed by atoms with Crippen LogP contribution < -0.4 is 26.6 Å². The molecule has 2 aromatic rings. The molecule has 1 saturated heterocycles. The molecular formula is C17H20N4O5. The Hall–Kier alpha value is -3.07. The van der Waals surface area contributed by atoms with Crippen LogP contribution >= 0.6 is 0 Å². The third kappa shape index (κ3) is 4.96. The molecule has 1 aliphatic rings. The van der Waals surface area contributed by atoms with Crippen molar-refractivity contribution in [3.05, 3.63) is 56.9 Å². The number of carbonyl (C=O) groups excluding carboxylic acids is 1. The minimum Gasteiger partial charge on any atom is -0.491 e. The molecule has 3 rings (SSSR count). The van der Waals surface area contributed by atoms with E-state index < -0.39 is 17.3 Å². The Morgan fingerprint density at radius 1 is 1.27 bits per heavy atom. The first-order valence-electron chi connectivity index (χ1n) is 8.30. The molecular weight excluding hydrogens is 340 g/mol. The maximum Gasteiger partial charge on any atom is 0.325 e. The Balaban J connectivity index is 1.46. The molecule has 1 atom stereocenters. The molecule has 138 valence electrons. The van der Waals surface area contributed by atoms with E-state index in [0.29, 0.717) is 18.0 Å². The third-order valence-corrected chi connectivity index (χ3v) is 3.91. The molecule has 1 fully saturated rings. The van der Waals surface area contributed by atoms with E-state index >= 15 is 0 Å². The summed E-state index contributed by atoms with van der Waals surface area (Å²) in [5.74, 6) is 0.700. The van der Waals surface area contributed by atoms with Gasteiger partial charge in [-0.15, -0.1) is 0 Å². The Kier molecular flexibility index (Phi) is 5.69. The number of nitrogens with one attached hydrogen (secondary N) is 4. The number of rotatable bonds is 6. The van der Waals surface area contributed by atoms with Crippen LogP contribution in [-0.4, -0.2) is 35.3 Å². The van der Waals surface area contributed by atoms with Gasteiger partial charge in [0.25, 0.3) is 5.56 Å². The molecule has 1 aliphatic heterocycles. The second-order valence-electron chi connectivity index (χ2n) is 5.88. The van der Waals surface area contributed by atoms with Gasteiger partial charge in [-0.2, -0.15) is 0 Å². The highest BCUT2D eigenvalue weighted by Crippen LogP contribution is 2.18. The molecule has 0 saturated carbocycles. The summed E-state index contributed by atoms with van der Waals surface area (Å²) >= 11 is 0. The Morgan fingerprint density at radius 3 is 2.77 bits per heavy atom. The molecule has 9 heteroatoms. The average molecular weight is 360 g/mol. The first-order chi connectivity index (χ1) is 12.6. The fourth-order valence-electron chi connectivity index (χ4n) is 2.52. The van der Waals surface area contributed by atoms with Crippen molar-refractivity contribution in [1.29, 1.82) is 0 Å². The van der Waals surface area contributed by atoms with Crippen LogP contribution in [0.25, 0.3) is 0 Å². The van der Waals surface area contributed by atoms with Crippen LogP contribution in [0.15, 0.2) is 40.1 Å². The summed E-state index contributed by atoms with van der Waals surface area (Å²) in [5.41, 5.74) is -0.299. The van der Waals surface area contributed by atoms with Gasteiger partial charge in [-0.3, -0.25) is 9.78 Å². The van der Waals surface area contributed by atoms with Crippen LogP contribution in [0.4, 0.5) is 10.5 Å². The van der Waals surface area contributed by atoms with Crippen molar-refractivity contribution in [3.8, 4) is 5.75 Å². The summed E-state index contributed by atoms with van der Waals surface area (Å²) in [7, 11) is 0. The van der Waals surface area contributed by atoms with E-state index in [1.54, 1.807) is 24.3 Å². The van der Waals surface area contributed by atoms with E-state index in [4.69, 9.17) is 9.47 Å². The number of ether oxygens (including phenoxy) is 2. The zero-order valence-electron chi connectivity index (χ0n) is 14.0. The van der Waals surface area contributed by atoms with Gasteiger partial charge in [-0.25, -0.2) is 9.59 Å². The summed E-state index contributed by atoms with van der Waals surface area (Å²) in [6, 6.07) is 6.49. The van der Waals surface area contributed by atoms with E-state index in [0.717, 1.165) is 19.4 Å². The molecule has 0 radical (unpaired) electrons. The van der Waals surface area contributed by atoms with Crippen molar-refractivity contribution in [2.45, 2.75) is 25.5 Å². The molecule has 0 aliphatic carbocycles. The van der Waals surface area contributed by atoms with Gasteiger partial charge in [-0.1, -0.05) is 0 Å². The minimum absolute atomic E-state index is 0.0134. The smallest absolute Gasteiger partial charge is 0.325 e. The van der Waals surface area contributed by atoms with Gasteiger partial charge in [0.1, 0.15) is 12.4 Å². The van der Waals surface area contributed by atoms with Crippen molar-refractivity contribution in [1.82, 2.24) is 15.3 Å². The summed E-state index contributed by atoms with van der Waals surface area (Å²) < 4.78 is 11.2. The standard InChI is InChI=1S/C17H20N4O5/c22-15-11(9-19-17(24)21-15)8-18-16(23)20-12-3-5-13(6-4-12)26-10-14-2-1-7-25-14/h3-6,9,14H,1-2,7-8,10H2,(H2,18,20,23)(H2,19,21,22,24)/t14-/m0/s1. The maximum atomic E-state index is 11.9. The van der Waals surface area contributed by atoms with Crippen molar-refractivity contribution in [2.24, 2.45) is 0 Å². The van der Waals surface area contributed by atoms with Crippen LogP contribution in [0.2, 0.25) is 0 Å². The fourth-order valence-corrected chi connectivity index (χ4v) is 2.52. The first-order valence-corrected chi connectivity index (χ1v) is 8.30. The van der Waals surface area contributed by atoms with Crippen LogP contribution in [0.5, 0.6) is 5.75 Å². The number of benzene rings is 1. The number of urea groups is 1. The second kappa shape index (κ2) is 8.34. The van der Waals surface area contributed by atoms with Crippen molar-refractivity contribution in [3.63, 3.8) is 0 Å². The van der Waals surface area contributed by atoms with Crippen molar-refractivity contribution < 1.29 is 14.3 Å². The fraction of sp³-hybridized carbons (Fsp3) is 0.353. The maximum absolute atomic E-state index is 11.9. The largest absolute Gasteiger partial charge is 0.491 e. The molecule has 26 heavy (non-hydrogen) atoms. The lowest BCUT2D eigenvalue weighted by molar-refractivity contribution is 0.0679. The predicted octanol–water partition coefficient (Wildman–Crippen LogP) is 0.943. The Morgan fingerprint density at radius 2 is 2.08 bits per heavy atom. The second-order valence-corrected chi connectivity index (χ2v) is 5.88. The molecule has 0 spiro atoms.